The SMILES string of the molecule is O=S1(=O)Cn2nccc2C=N1. The van der Waals surface area contributed by atoms with Crippen molar-refractivity contribution in [1.82, 2.24) is 9.78 Å². The number of fused-ring (bicyclic) bond motifs is 1. The standard InChI is InChI=1S/C5H5N3O2S/c9-11(10)4-8-5(3-7-11)1-2-6-8/h1-3H,4H2. The lowest BCUT2D eigenvalue weighted by molar-refractivity contribution is 0.574. The first kappa shape index (κ1) is 6.53. The normalized spacial score (nSPS) is 19.6. The van der Waals surface area contributed by atoms with Gasteiger partial charge < -0.3 is 0 Å². The van der Waals surface area contributed by atoms with Crippen molar-refractivity contribution in [2.45, 2.75) is 5.88 Å². The van der Waals surface area contributed by atoms with Crippen LogP contribution in [0.2, 0.25) is 0 Å². The topological polar surface area (TPSA) is 64.3 Å². The minimum Gasteiger partial charge on any atom is -0.247 e. The third-order valence-corrected chi connectivity index (χ3v) is 2.38. The van der Waals surface area contributed by atoms with Gasteiger partial charge in [-0.3, -0.25) is 0 Å². The second-order valence-electron chi connectivity index (χ2n) is 2.20. The fourth-order valence-electron chi connectivity index (χ4n) is 0.883. The van der Waals surface area contributed by atoms with E-state index in [2.05, 4.69) is 9.50 Å². The Hall–Kier alpha value is -1.17. The Bertz CT molecular complexity index is 403. The van der Waals surface area contributed by atoms with E-state index in [-0.39, 0.29) is 5.88 Å². The molecule has 0 aliphatic carbocycles. The van der Waals surface area contributed by atoms with E-state index in [1.807, 2.05) is 0 Å². The molecule has 2 rings (SSSR count). The molecule has 0 N–H and O–H groups in total. The maximum atomic E-state index is 10.9. The van der Waals surface area contributed by atoms with Crippen molar-refractivity contribution in [3.05, 3.63) is 18.0 Å². The molecule has 1 aliphatic rings. The third-order valence-electron chi connectivity index (χ3n) is 1.38. The van der Waals surface area contributed by atoms with Crippen molar-refractivity contribution < 1.29 is 8.42 Å². The summed E-state index contributed by atoms with van der Waals surface area (Å²) in [4.78, 5) is 0. The number of nitrogens with zero attached hydrogens (tertiary/aromatic N) is 3. The van der Waals surface area contributed by atoms with Crippen molar-refractivity contribution in [2.24, 2.45) is 4.40 Å². The average molecular weight is 171 g/mol. The summed E-state index contributed by atoms with van der Waals surface area (Å²) in [7, 11) is -3.30. The van der Waals surface area contributed by atoms with E-state index < -0.39 is 10.0 Å². The molecule has 0 amide bonds. The first-order chi connectivity index (χ1) is 5.17. The number of sulfonamides is 1. The lowest BCUT2D eigenvalue weighted by Crippen LogP contribution is -2.16. The Morgan fingerprint density at radius 1 is 1.55 bits per heavy atom. The van der Waals surface area contributed by atoms with E-state index >= 15 is 0 Å². The van der Waals surface area contributed by atoms with Crippen LogP contribution in [0.4, 0.5) is 0 Å². The molecule has 0 radical (unpaired) electrons. The molecule has 0 aromatic carbocycles. The van der Waals surface area contributed by atoms with Crippen molar-refractivity contribution in [3.8, 4) is 0 Å². The summed E-state index contributed by atoms with van der Waals surface area (Å²) >= 11 is 0. The Labute approximate surface area is 63.4 Å². The summed E-state index contributed by atoms with van der Waals surface area (Å²) in [5.74, 6) is -0.147. The van der Waals surface area contributed by atoms with Crippen LogP contribution in [0, 0.1) is 0 Å². The predicted molar refractivity (Wildman–Crippen MR) is 38.7 cm³/mol. The Balaban J connectivity index is 2.60. The van der Waals surface area contributed by atoms with Gasteiger partial charge in [0, 0.05) is 6.20 Å². The van der Waals surface area contributed by atoms with Gasteiger partial charge in [-0.05, 0) is 6.07 Å². The van der Waals surface area contributed by atoms with E-state index in [1.165, 1.54) is 10.9 Å². The van der Waals surface area contributed by atoms with Crippen LogP contribution in [0.3, 0.4) is 0 Å². The highest BCUT2D eigenvalue weighted by Crippen LogP contribution is 2.07. The van der Waals surface area contributed by atoms with Crippen LogP contribution in [-0.2, 0) is 15.9 Å². The van der Waals surface area contributed by atoms with E-state index in [1.54, 1.807) is 12.3 Å². The second kappa shape index (κ2) is 1.91. The maximum absolute atomic E-state index is 10.9. The van der Waals surface area contributed by atoms with Gasteiger partial charge in [-0.2, -0.15) is 9.50 Å². The molecule has 0 saturated carbocycles. The summed E-state index contributed by atoms with van der Waals surface area (Å²) in [6.45, 7) is 0. The Morgan fingerprint density at radius 3 is 3.18 bits per heavy atom. The first-order valence-corrected chi connectivity index (χ1v) is 4.58. The van der Waals surface area contributed by atoms with Gasteiger partial charge in [-0.1, -0.05) is 0 Å². The van der Waals surface area contributed by atoms with Crippen molar-refractivity contribution in [2.75, 3.05) is 0 Å². The molecule has 0 saturated heterocycles. The summed E-state index contributed by atoms with van der Waals surface area (Å²) in [5, 5.41) is 3.80. The molecule has 6 heteroatoms. The lowest BCUT2D eigenvalue weighted by Gasteiger charge is -2.06. The van der Waals surface area contributed by atoms with Crippen LogP contribution in [0.5, 0.6) is 0 Å². The molecule has 11 heavy (non-hydrogen) atoms. The number of hydrogen-bond donors (Lipinski definition) is 0. The minimum atomic E-state index is -3.30. The number of aromatic nitrogens is 2. The molecule has 58 valence electrons. The zero-order chi connectivity index (χ0) is 7.90. The van der Waals surface area contributed by atoms with Crippen LogP contribution < -0.4 is 0 Å². The summed E-state index contributed by atoms with van der Waals surface area (Å²) < 4.78 is 26.5. The van der Waals surface area contributed by atoms with Crippen LogP contribution in [-0.4, -0.2) is 24.4 Å². The summed E-state index contributed by atoms with van der Waals surface area (Å²) in [6, 6.07) is 1.71. The van der Waals surface area contributed by atoms with Gasteiger partial charge in [0.25, 0.3) is 10.0 Å². The molecule has 5 nitrogen and oxygen atoms in total. The van der Waals surface area contributed by atoms with Crippen LogP contribution in [0.15, 0.2) is 16.7 Å². The molecule has 0 unspecified atom stereocenters. The monoisotopic (exact) mass is 171 g/mol. The molecular weight excluding hydrogens is 166 g/mol. The first-order valence-electron chi connectivity index (χ1n) is 2.97. The van der Waals surface area contributed by atoms with Gasteiger partial charge in [-0.15, -0.1) is 0 Å². The summed E-state index contributed by atoms with van der Waals surface area (Å²) in [6.07, 6.45) is 2.84. The van der Waals surface area contributed by atoms with Gasteiger partial charge >= 0.3 is 0 Å². The maximum Gasteiger partial charge on any atom is 0.273 e. The number of hydrogen-bond acceptors (Lipinski definition) is 3. The van der Waals surface area contributed by atoms with E-state index in [4.69, 9.17) is 0 Å². The molecule has 0 bridgehead atoms. The van der Waals surface area contributed by atoms with Crippen molar-refractivity contribution in [3.63, 3.8) is 0 Å². The van der Waals surface area contributed by atoms with Gasteiger partial charge in [-0.25, -0.2) is 13.1 Å². The van der Waals surface area contributed by atoms with Gasteiger partial charge in [0.1, 0.15) is 0 Å². The predicted octanol–water partition coefficient (Wildman–Crippen LogP) is -0.397. The Morgan fingerprint density at radius 2 is 2.36 bits per heavy atom. The van der Waals surface area contributed by atoms with Crippen LogP contribution in [0.25, 0.3) is 0 Å². The molecule has 0 atom stereocenters. The molecule has 2 heterocycles. The lowest BCUT2D eigenvalue weighted by atomic mass is 10.5. The van der Waals surface area contributed by atoms with E-state index in [0.717, 1.165) is 5.69 Å². The van der Waals surface area contributed by atoms with Crippen molar-refractivity contribution in [1.29, 1.82) is 0 Å². The smallest absolute Gasteiger partial charge is 0.247 e. The zero-order valence-corrected chi connectivity index (χ0v) is 6.32. The molecular formula is C5H5N3O2S. The van der Waals surface area contributed by atoms with Crippen LogP contribution in [0.1, 0.15) is 5.69 Å². The molecule has 1 aromatic heterocycles. The fourth-order valence-corrected chi connectivity index (χ4v) is 1.74. The van der Waals surface area contributed by atoms with E-state index in [9.17, 15) is 8.42 Å². The summed E-state index contributed by atoms with van der Waals surface area (Å²) in [5.41, 5.74) is 0.722. The zero-order valence-electron chi connectivity index (χ0n) is 5.51. The van der Waals surface area contributed by atoms with Gasteiger partial charge in [0.15, 0.2) is 5.88 Å². The van der Waals surface area contributed by atoms with Gasteiger partial charge in [0.05, 0.1) is 11.9 Å². The second-order valence-corrected chi connectivity index (χ2v) is 3.83. The molecule has 1 aliphatic heterocycles. The quantitative estimate of drug-likeness (QED) is 0.533. The highest BCUT2D eigenvalue weighted by molar-refractivity contribution is 7.89. The average Bonchev–Trinajstić information content (AvgIpc) is 2.31. The third kappa shape index (κ3) is 1.05. The van der Waals surface area contributed by atoms with E-state index in [0.29, 0.717) is 0 Å². The largest absolute Gasteiger partial charge is 0.273 e. The molecule has 1 aromatic rings. The van der Waals surface area contributed by atoms with Crippen LogP contribution >= 0.6 is 0 Å². The van der Waals surface area contributed by atoms with Crippen molar-refractivity contribution >= 4 is 16.2 Å². The highest BCUT2D eigenvalue weighted by Gasteiger charge is 2.15. The minimum absolute atomic E-state index is 0.147. The van der Waals surface area contributed by atoms with Gasteiger partial charge in [0.2, 0.25) is 0 Å². The molecule has 0 spiro atoms. The Kier molecular flexibility index (Phi) is 1.14. The number of rotatable bonds is 0. The highest BCUT2D eigenvalue weighted by atomic mass is 32.2. The fraction of sp³-hybridized carbons (Fsp3) is 0.200. The molecule has 0 fully saturated rings.